The SMILES string of the molecule is C=CCc1ccc(OCC(=O)Nc2ccc(OC)c(OCc3cn4ccccc4n3)c2)c(OC)c1. The minimum atomic E-state index is -0.321. The average molecular weight is 474 g/mol. The summed E-state index contributed by atoms with van der Waals surface area (Å²) in [6.07, 6.45) is 6.36. The number of benzene rings is 2. The van der Waals surface area contributed by atoms with Crippen LogP contribution >= 0.6 is 0 Å². The van der Waals surface area contributed by atoms with Crippen LogP contribution < -0.4 is 24.3 Å². The number of hydrogen-bond acceptors (Lipinski definition) is 6. The van der Waals surface area contributed by atoms with E-state index in [1.807, 2.05) is 53.2 Å². The lowest BCUT2D eigenvalue weighted by atomic mass is 10.1. The Morgan fingerprint density at radius 2 is 1.83 bits per heavy atom. The van der Waals surface area contributed by atoms with Crippen LogP contribution in [0.5, 0.6) is 23.0 Å². The van der Waals surface area contributed by atoms with Crippen molar-refractivity contribution in [1.82, 2.24) is 9.38 Å². The molecular formula is C27H27N3O5. The molecule has 0 aliphatic rings. The number of nitrogens with zero attached hydrogens (tertiary/aromatic N) is 2. The number of imidazole rings is 1. The third-order valence-electron chi connectivity index (χ3n) is 5.20. The molecule has 0 spiro atoms. The normalized spacial score (nSPS) is 10.6. The van der Waals surface area contributed by atoms with Gasteiger partial charge in [-0.15, -0.1) is 6.58 Å². The van der Waals surface area contributed by atoms with E-state index in [0.717, 1.165) is 23.3 Å². The average Bonchev–Trinajstić information content (AvgIpc) is 3.30. The second kappa shape index (κ2) is 11.1. The molecule has 1 amide bonds. The predicted molar refractivity (Wildman–Crippen MR) is 134 cm³/mol. The number of methoxy groups -OCH3 is 2. The van der Waals surface area contributed by atoms with E-state index in [1.165, 1.54) is 0 Å². The lowest BCUT2D eigenvalue weighted by molar-refractivity contribution is -0.118. The number of anilines is 1. The van der Waals surface area contributed by atoms with Crippen molar-refractivity contribution in [2.75, 3.05) is 26.1 Å². The Labute approximate surface area is 203 Å². The fraction of sp³-hybridized carbons (Fsp3) is 0.185. The third-order valence-corrected chi connectivity index (χ3v) is 5.20. The highest BCUT2D eigenvalue weighted by molar-refractivity contribution is 5.92. The van der Waals surface area contributed by atoms with Gasteiger partial charge in [-0.25, -0.2) is 4.98 Å². The predicted octanol–water partition coefficient (Wildman–Crippen LogP) is 4.68. The number of pyridine rings is 1. The zero-order valence-corrected chi connectivity index (χ0v) is 19.7. The monoisotopic (exact) mass is 473 g/mol. The molecule has 1 N–H and O–H groups in total. The Kier molecular flexibility index (Phi) is 7.52. The van der Waals surface area contributed by atoms with Gasteiger partial charge < -0.3 is 28.7 Å². The molecule has 0 bridgehead atoms. The van der Waals surface area contributed by atoms with Gasteiger partial charge in [0.05, 0.1) is 19.9 Å². The van der Waals surface area contributed by atoms with E-state index in [-0.39, 0.29) is 19.1 Å². The molecule has 2 aromatic carbocycles. The minimum Gasteiger partial charge on any atom is -0.493 e. The van der Waals surface area contributed by atoms with Crippen LogP contribution in [0.1, 0.15) is 11.3 Å². The molecule has 4 rings (SSSR count). The van der Waals surface area contributed by atoms with Crippen molar-refractivity contribution in [3.8, 4) is 23.0 Å². The summed E-state index contributed by atoms with van der Waals surface area (Å²) in [6, 6.07) is 16.5. The van der Waals surface area contributed by atoms with Gasteiger partial charge >= 0.3 is 0 Å². The Hall–Kier alpha value is -4.46. The molecule has 0 saturated carbocycles. The standard InChI is InChI=1S/C27H27N3O5/c1-4-7-19-9-11-23(24(14-19)33-3)35-18-27(31)29-20-10-12-22(32-2)25(15-20)34-17-21-16-30-13-6-5-8-26(30)28-21/h4-6,8-16H,1,7,17-18H2,2-3H3,(H,29,31). The summed E-state index contributed by atoms with van der Waals surface area (Å²) in [7, 11) is 3.12. The van der Waals surface area contributed by atoms with E-state index in [9.17, 15) is 4.79 Å². The van der Waals surface area contributed by atoms with E-state index in [0.29, 0.717) is 28.7 Å². The largest absolute Gasteiger partial charge is 0.493 e. The molecule has 180 valence electrons. The molecule has 0 aliphatic heterocycles. The summed E-state index contributed by atoms with van der Waals surface area (Å²) < 4.78 is 24.3. The lowest BCUT2D eigenvalue weighted by Gasteiger charge is -2.14. The van der Waals surface area contributed by atoms with Crippen molar-refractivity contribution >= 4 is 17.2 Å². The molecule has 0 atom stereocenters. The first kappa shape index (κ1) is 23.7. The quantitative estimate of drug-likeness (QED) is 0.319. The highest BCUT2D eigenvalue weighted by Gasteiger charge is 2.12. The molecule has 35 heavy (non-hydrogen) atoms. The Morgan fingerprint density at radius 3 is 2.60 bits per heavy atom. The van der Waals surface area contributed by atoms with Crippen molar-refractivity contribution in [3.63, 3.8) is 0 Å². The van der Waals surface area contributed by atoms with Gasteiger partial charge in [0.25, 0.3) is 5.91 Å². The Balaban J connectivity index is 1.38. The number of ether oxygens (including phenoxy) is 4. The van der Waals surface area contributed by atoms with E-state index < -0.39 is 0 Å². The fourth-order valence-electron chi connectivity index (χ4n) is 3.54. The first-order valence-corrected chi connectivity index (χ1v) is 11.0. The van der Waals surface area contributed by atoms with Crippen molar-refractivity contribution in [2.45, 2.75) is 13.0 Å². The number of nitrogens with one attached hydrogen (secondary N) is 1. The zero-order chi connectivity index (χ0) is 24.6. The Morgan fingerprint density at radius 1 is 1.00 bits per heavy atom. The maximum Gasteiger partial charge on any atom is 0.262 e. The number of amides is 1. The highest BCUT2D eigenvalue weighted by Crippen LogP contribution is 2.31. The maximum atomic E-state index is 12.5. The van der Waals surface area contributed by atoms with Crippen LogP contribution in [0.15, 0.2) is 79.6 Å². The number of rotatable bonds is 11. The van der Waals surface area contributed by atoms with Crippen molar-refractivity contribution < 1.29 is 23.7 Å². The van der Waals surface area contributed by atoms with Gasteiger partial charge in [0.2, 0.25) is 0 Å². The highest BCUT2D eigenvalue weighted by atomic mass is 16.5. The van der Waals surface area contributed by atoms with Gasteiger partial charge in [0.15, 0.2) is 29.6 Å². The first-order chi connectivity index (χ1) is 17.1. The maximum absolute atomic E-state index is 12.5. The summed E-state index contributed by atoms with van der Waals surface area (Å²) in [5.74, 6) is 1.76. The number of allylic oxidation sites excluding steroid dienone is 1. The smallest absolute Gasteiger partial charge is 0.262 e. The van der Waals surface area contributed by atoms with Gasteiger partial charge in [0.1, 0.15) is 12.3 Å². The van der Waals surface area contributed by atoms with Crippen LogP contribution in [0, 0.1) is 0 Å². The molecule has 2 heterocycles. The summed E-state index contributed by atoms with van der Waals surface area (Å²) in [5, 5.41) is 2.82. The van der Waals surface area contributed by atoms with Crippen LogP contribution in [0.4, 0.5) is 5.69 Å². The van der Waals surface area contributed by atoms with E-state index >= 15 is 0 Å². The first-order valence-electron chi connectivity index (χ1n) is 11.0. The molecule has 0 radical (unpaired) electrons. The van der Waals surface area contributed by atoms with Crippen LogP contribution in [0.2, 0.25) is 0 Å². The molecule has 2 aromatic heterocycles. The summed E-state index contributed by atoms with van der Waals surface area (Å²) in [6.45, 7) is 3.81. The number of fused-ring (bicyclic) bond motifs is 1. The van der Waals surface area contributed by atoms with Crippen LogP contribution in [0.3, 0.4) is 0 Å². The molecule has 4 aromatic rings. The number of hydrogen-bond donors (Lipinski definition) is 1. The van der Waals surface area contributed by atoms with Crippen molar-refractivity contribution in [3.05, 3.63) is 90.9 Å². The van der Waals surface area contributed by atoms with Gasteiger partial charge in [-0.1, -0.05) is 18.2 Å². The summed E-state index contributed by atoms with van der Waals surface area (Å²) >= 11 is 0. The van der Waals surface area contributed by atoms with E-state index in [4.69, 9.17) is 18.9 Å². The number of carbonyl (C=O) groups excluding carboxylic acids is 1. The van der Waals surface area contributed by atoms with Crippen LogP contribution in [0.25, 0.3) is 5.65 Å². The molecule has 8 nitrogen and oxygen atoms in total. The number of carbonyl (C=O) groups is 1. The molecule has 0 unspecified atom stereocenters. The van der Waals surface area contributed by atoms with Gasteiger partial charge in [-0.05, 0) is 48.4 Å². The third kappa shape index (κ3) is 5.92. The van der Waals surface area contributed by atoms with Crippen LogP contribution in [-0.4, -0.2) is 36.1 Å². The summed E-state index contributed by atoms with van der Waals surface area (Å²) in [5.41, 5.74) is 3.21. The van der Waals surface area contributed by atoms with Gasteiger partial charge in [0, 0.05) is 24.1 Å². The topological polar surface area (TPSA) is 83.3 Å². The molecule has 0 aliphatic carbocycles. The second-order valence-electron chi connectivity index (χ2n) is 7.67. The second-order valence-corrected chi connectivity index (χ2v) is 7.67. The van der Waals surface area contributed by atoms with Crippen LogP contribution in [-0.2, 0) is 17.8 Å². The molecule has 0 saturated heterocycles. The fourth-order valence-corrected chi connectivity index (χ4v) is 3.54. The van der Waals surface area contributed by atoms with E-state index in [2.05, 4.69) is 16.9 Å². The van der Waals surface area contributed by atoms with Crippen molar-refractivity contribution in [2.24, 2.45) is 0 Å². The van der Waals surface area contributed by atoms with Gasteiger partial charge in [-0.3, -0.25) is 4.79 Å². The lowest BCUT2D eigenvalue weighted by Crippen LogP contribution is -2.20. The Bertz CT molecular complexity index is 1300. The zero-order valence-electron chi connectivity index (χ0n) is 19.7. The van der Waals surface area contributed by atoms with Gasteiger partial charge in [-0.2, -0.15) is 0 Å². The molecule has 8 heteroatoms. The minimum absolute atomic E-state index is 0.180. The number of aromatic nitrogens is 2. The molecular weight excluding hydrogens is 446 g/mol. The molecule has 0 fully saturated rings. The van der Waals surface area contributed by atoms with E-state index in [1.54, 1.807) is 38.5 Å². The summed E-state index contributed by atoms with van der Waals surface area (Å²) in [4.78, 5) is 17.1. The van der Waals surface area contributed by atoms with Crippen molar-refractivity contribution in [1.29, 1.82) is 0 Å².